The van der Waals surface area contributed by atoms with E-state index in [4.69, 9.17) is 5.73 Å². The molecule has 44 heavy (non-hydrogen) atoms. The van der Waals surface area contributed by atoms with Crippen molar-refractivity contribution in [3.63, 3.8) is 0 Å². The normalized spacial score (nSPS) is 13.1. The van der Waals surface area contributed by atoms with Crippen LogP contribution >= 0.6 is 0 Å². The van der Waals surface area contributed by atoms with Crippen molar-refractivity contribution in [2.45, 2.75) is 59.4 Å². The largest absolute Gasteiger partial charge is 0.416 e. The van der Waals surface area contributed by atoms with Crippen molar-refractivity contribution in [1.29, 1.82) is 0 Å². The molecule has 3 amide bonds. The van der Waals surface area contributed by atoms with E-state index in [9.17, 15) is 27.6 Å². The number of nitrogens with one attached hydrogen (secondary N) is 4. The Hall–Kier alpha value is -4.38. The monoisotopic (exact) mass is 611 g/mol. The lowest BCUT2D eigenvalue weighted by atomic mass is 9.72. The van der Waals surface area contributed by atoms with Crippen LogP contribution in [0, 0.1) is 19.3 Å². The predicted octanol–water partition coefficient (Wildman–Crippen LogP) is 4.84. The van der Waals surface area contributed by atoms with Gasteiger partial charge >= 0.3 is 6.18 Å². The summed E-state index contributed by atoms with van der Waals surface area (Å²) in [4.78, 5) is 38.8. The fraction of sp³-hybridized carbons (Fsp3) is 0.364. The van der Waals surface area contributed by atoms with Gasteiger partial charge in [0.05, 0.1) is 12.1 Å². The van der Waals surface area contributed by atoms with Crippen LogP contribution in [0.2, 0.25) is 0 Å². The number of nitrogens with two attached hydrogens (primary N) is 1. The average Bonchev–Trinajstić information content (AvgIpc) is 2.94. The first-order valence-corrected chi connectivity index (χ1v) is 14.2. The van der Waals surface area contributed by atoms with Crippen LogP contribution in [0.5, 0.6) is 0 Å². The highest BCUT2D eigenvalue weighted by Crippen LogP contribution is 2.33. The number of primary amides is 1. The second kappa shape index (κ2) is 13.9. The van der Waals surface area contributed by atoms with Gasteiger partial charge in [0.1, 0.15) is 5.54 Å². The molecule has 3 aromatic rings. The van der Waals surface area contributed by atoms with Crippen LogP contribution in [0.3, 0.4) is 0 Å². The van der Waals surface area contributed by atoms with E-state index in [2.05, 4.69) is 21.3 Å². The van der Waals surface area contributed by atoms with Gasteiger partial charge in [0.15, 0.2) is 0 Å². The molecule has 0 fully saturated rings. The Morgan fingerprint density at radius 3 is 2.14 bits per heavy atom. The second-order valence-corrected chi connectivity index (χ2v) is 11.9. The minimum Gasteiger partial charge on any atom is -0.381 e. The molecule has 0 aliphatic heterocycles. The molecule has 0 spiro atoms. The van der Waals surface area contributed by atoms with Crippen molar-refractivity contribution in [2.75, 3.05) is 18.4 Å². The molecular formula is C33H40F3N5O3. The van der Waals surface area contributed by atoms with E-state index in [1.165, 1.54) is 6.07 Å². The smallest absolute Gasteiger partial charge is 0.381 e. The first-order valence-electron chi connectivity index (χ1n) is 14.2. The molecule has 0 saturated heterocycles. The van der Waals surface area contributed by atoms with Crippen LogP contribution in [-0.4, -0.2) is 36.3 Å². The van der Waals surface area contributed by atoms with Crippen molar-refractivity contribution in [3.05, 3.63) is 100 Å². The molecule has 1 atom stereocenters. The summed E-state index contributed by atoms with van der Waals surface area (Å²) in [7, 11) is 0. The van der Waals surface area contributed by atoms with Crippen molar-refractivity contribution in [3.8, 4) is 0 Å². The number of hydrogen-bond donors (Lipinski definition) is 5. The van der Waals surface area contributed by atoms with E-state index in [1.54, 1.807) is 32.9 Å². The van der Waals surface area contributed by atoms with Crippen LogP contribution in [0.1, 0.15) is 58.9 Å². The van der Waals surface area contributed by atoms with Gasteiger partial charge in [-0.25, -0.2) is 0 Å². The lowest BCUT2D eigenvalue weighted by Crippen LogP contribution is -2.69. The molecule has 3 aromatic carbocycles. The van der Waals surface area contributed by atoms with Crippen LogP contribution in [0.25, 0.3) is 0 Å². The van der Waals surface area contributed by atoms with Gasteiger partial charge in [-0.05, 0) is 54.2 Å². The fourth-order valence-corrected chi connectivity index (χ4v) is 4.81. The first-order chi connectivity index (χ1) is 20.5. The Morgan fingerprint density at radius 1 is 0.864 bits per heavy atom. The Morgan fingerprint density at radius 2 is 1.55 bits per heavy atom. The minimum absolute atomic E-state index is 0.00288. The van der Waals surface area contributed by atoms with E-state index in [1.807, 2.05) is 50.2 Å². The summed E-state index contributed by atoms with van der Waals surface area (Å²) in [6.45, 7) is 9.29. The van der Waals surface area contributed by atoms with Crippen molar-refractivity contribution >= 4 is 23.4 Å². The maximum atomic E-state index is 13.6. The molecule has 0 aliphatic rings. The van der Waals surface area contributed by atoms with Crippen molar-refractivity contribution in [1.82, 2.24) is 16.0 Å². The molecule has 0 aromatic heterocycles. The average molecular weight is 612 g/mol. The van der Waals surface area contributed by atoms with E-state index < -0.39 is 47.0 Å². The highest BCUT2D eigenvalue weighted by atomic mass is 19.4. The van der Waals surface area contributed by atoms with Crippen LogP contribution in [-0.2, 0) is 28.9 Å². The molecule has 0 radical (unpaired) electrons. The fourth-order valence-electron chi connectivity index (χ4n) is 4.81. The number of anilines is 1. The van der Waals surface area contributed by atoms with E-state index in [0.717, 1.165) is 34.4 Å². The quantitative estimate of drug-likeness (QED) is 0.201. The summed E-state index contributed by atoms with van der Waals surface area (Å²) in [6, 6.07) is 18.0. The van der Waals surface area contributed by atoms with Gasteiger partial charge in [-0.2, -0.15) is 13.2 Å². The third-order valence-corrected chi connectivity index (χ3v) is 7.53. The van der Waals surface area contributed by atoms with Gasteiger partial charge in [0, 0.05) is 30.9 Å². The zero-order chi connectivity index (χ0) is 32.7. The van der Waals surface area contributed by atoms with Gasteiger partial charge < -0.3 is 27.0 Å². The standard InChI is InChI=1S/C33H40F3N5O3/c1-21-11-12-24(22(2)13-21)18-38-20-32(30(37)44,31(3,4)5)41-28(42)19-40-29(43)25-14-26(33(34,35)36)16-27(15-25)39-17-23-9-7-6-8-10-23/h6-16,38-39H,17-20H2,1-5H3,(H2,37,44)(H,40,43)(H,41,42). The lowest BCUT2D eigenvalue weighted by Gasteiger charge is -2.43. The number of alkyl halides is 3. The Balaban J connectivity index is 1.72. The number of carbonyl (C=O) groups is 3. The van der Waals surface area contributed by atoms with Crippen molar-refractivity contribution < 1.29 is 27.6 Å². The highest BCUT2D eigenvalue weighted by Gasteiger charge is 2.48. The van der Waals surface area contributed by atoms with Gasteiger partial charge in [0.25, 0.3) is 5.91 Å². The second-order valence-electron chi connectivity index (χ2n) is 11.9. The number of amides is 3. The van der Waals surface area contributed by atoms with E-state index >= 15 is 0 Å². The van der Waals surface area contributed by atoms with Gasteiger partial charge in [-0.1, -0.05) is 74.9 Å². The molecule has 3 rings (SSSR count). The van der Waals surface area contributed by atoms with Crippen LogP contribution in [0.4, 0.5) is 18.9 Å². The molecule has 0 aliphatic carbocycles. The Bertz CT molecular complexity index is 1490. The van der Waals surface area contributed by atoms with E-state index in [0.29, 0.717) is 6.54 Å². The number of rotatable bonds is 12. The maximum Gasteiger partial charge on any atom is 0.416 e. The van der Waals surface area contributed by atoms with Crippen LogP contribution < -0.4 is 27.0 Å². The molecule has 236 valence electrons. The van der Waals surface area contributed by atoms with Gasteiger partial charge in [-0.15, -0.1) is 0 Å². The lowest BCUT2D eigenvalue weighted by molar-refractivity contribution is -0.137. The summed E-state index contributed by atoms with van der Waals surface area (Å²) in [6.07, 6.45) is -4.70. The SMILES string of the molecule is Cc1ccc(CNCC(NC(=O)CNC(=O)c2cc(NCc3ccccc3)cc(C(F)(F)F)c2)(C(N)=O)C(C)(C)C)c(C)c1. The zero-order valence-corrected chi connectivity index (χ0v) is 25.6. The number of hydrogen-bond acceptors (Lipinski definition) is 5. The molecule has 0 heterocycles. The summed E-state index contributed by atoms with van der Waals surface area (Å²) < 4.78 is 40.9. The number of halogens is 3. The molecule has 1 unspecified atom stereocenters. The first kappa shape index (κ1) is 34.1. The highest BCUT2D eigenvalue weighted by molar-refractivity contribution is 5.98. The number of carbonyl (C=O) groups excluding carboxylic acids is 3. The van der Waals surface area contributed by atoms with Crippen molar-refractivity contribution in [2.24, 2.45) is 11.1 Å². The molecule has 8 nitrogen and oxygen atoms in total. The Kier molecular flexibility index (Phi) is 10.8. The minimum atomic E-state index is -4.70. The molecule has 11 heteroatoms. The van der Waals surface area contributed by atoms with E-state index in [-0.39, 0.29) is 24.3 Å². The zero-order valence-electron chi connectivity index (χ0n) is 25.6. The predicted molar refractivity (Wildman–Crippen MR) is 165 cm³/mol. The third kappa shape index (κ3) is 8.82. The van der Waals surface area contributed by atoms with Gasteiger partial charge in [-0.3, -0.25) is 14.4 Å². The topological polar surface area (TPSA) is 125 Å². The molecule has 0 saturated carbocycles. The number of benzene rings is 3. The summed E-state index contributed by atoms with van der Waals surface area (Å²) in [5, 5.41) is 11.2. The number of aryl methyl sites for hydroxylation is 2. The summed E-state index contributed by atoms with van der Waals surface area (Å²) in [5.41, 5.74) is 6.28. The maximum absolute atomic E-state index is 13.6. The third-order valence-electron chi connectivity index (χ3n) is 7.53. The molecule has 0 bridgehead atoms. The Labute approximate surface area is 256 Å². The van der Waals surface area contributed by atoms with Crippen LogP contribution in [0.15, 0.2) is 66.7 Å². The molecule has 6 N–H and O–H groups in total. The van der Waals surface area contributed by atoms with Gasteiger partial charge in [0.2, 0.25) is 11.8 Å². The molecular weight excluding hydrogens is 571 g/mol. The summed E-state index contributed by atoms with van der Waals surface area (Å²) >= 11 is 0. The summed E-state index contributed by atoms with van der Waals surface area (Å²) in [5.74, 6) is -2.39.